The quantitative estimate of drug-likeness (QED) is 0.553. The molecule has 0 bridgehead atoms. The largest absolute Gasteiger partial charge is 0.294 e. The van der Waals surface area contributed by atoms with Crippen LogP contribution in [0.15, 0.2) is 16.3 Å². The molecular weight excluding hydrogens is 162 g/mol. The van der Waals surface area contributed by atoms with Gasteiger partial charge in [0, 0.05) is 11.8 Å². The minimum Gasteiger partial charge on any atom is -0.294 e. The molecule has 0 radical (unpaired) electrons. The predicted molar refractivity (Wildman–Crippen MR) is 46.1 cm³/mol. The van der Waals surface area contributed by atoms with Crippen molar-refractivity contribution in [3.05, 3.63) is 11.3 Å². The van der Waals surface area contributed by atoms with Crippen molar-refractivity contribution in [1.82, 2.24) is 0 Å². The van der Waals surface area contributed by atoms with Gasteiger partial charge in [-0.3, -0.25) is 9.79 Å². The van der Waals surface area contributed by atoms with Crippen LogP contribution >= 0.6 is 11.6 Å². The first-order chi connectivity index (χ1) is 5.16. The van der Waals surface area contributed by atoms with Crippen molar-refractivity contribution in [2.75, 3.05) is 5.88 Å². The van der Waals surface area contributed by atoms with Crippen molar-refractivity contribution in [1.29, 1.82) is 0 Å². The van der Waals surface area contributed by atoms with Crippen molar-refractivity contribution in [2.45, 2.75) is 13.8 Å². The van der Waals surface area contributed by atoms with Gasteiger partial charge in [-0.15, -0.1) is 11.6 Å². The zero-order valence-electron chi connectivity index (χ0n) is 6.60. The zero-order valence-corrected chi connectivity index (χ0v) is 7.35. The topological polar surface area (TPSA) is 29.4 Å². The van der Waals surface area contributed by atoms with Crippen molar-refractivity contribution < 1.29 is 4.79 Å². The SMILES string of the molecule is CC1=C(CCl)N=C[C@H](C)C1=O. The Morgan fingerprint density at radius 1 is 1.73 bits per heavy atom. The molecule has 0 amide bonds. The molecule has 60 valence electrons. The summed E-state index contributed by atoms with van der Waals surface area (Å²) in [6.45, 7) is 3.60. The Kier molecular flexibility index (Phi) is 2.45. The summed E-state index contributed by atoms with van der Waals surface area (Å²) in [6.07, 6.45) is 1.65. The predicted octanol–water partition coefficient (Wildman–Crippen LogP) is 1.79. The fourth-order valence-electron chi connectivity index (χ4n) is 0.985. The molecule has 0 spiro atoms. The molecule has 3 heteroatoms. The van der Waals surface area contributed by atoms with E-state index in [1.807, 2.05) is 6.92 Å². The van der Waals surface area contributed by atoms with Crippen LogP contribution in [0, 0.1) is 5.92 Å². The fraction of sp³-hybridized carbons (Fsp3) is 0.500. The molecule has 2 nitrogen and oxygen atoms in total. The van der Waals surface area contributed by atoms with Gasteiger partial charge in [0.2, 0.25) is 0 Å². The summed E-state index contributed by atoms with van der Waals surface area (Å²) in [6, 6.07) is 0. The van der Waals surface area contributed by atoms with E-state index in [0.29, 0.717) is 17.2 Å². The van der Waals surface area contributed by atoms with Gasteiger partial charge in [-0.25, -0.2) is 0 Å². The van der Waals surface area contributed by atoms with Crippen LogP contribution in [-0.4, -0.2) is 17.9 Å². The third-order valence-corrected chi connectivity index (χ3v) is 2.05. The van der Waals surface area contributed by atoms with Gasteiger partial charge in [0.1, 0.15) is 0 Å². The van der Waals surface area contributed by atoms with Gasteiger partial charge in [0.15, 0.2) is 5.78 Å². The van der Waals surface area contributed by atoms with Crippen LogP contribution in [0.4, 0.5) is 0 Å². The van der Waals surface area contributed by atoms with Gasteiger partial charge < -0.3 is 0 Å². The molecule has 1 rings (SSSR count). The van der Waals surface area contributed by atoms with Crippen LogP contribution in [0.5, 0.6) is 0 Å². The van der Waals surface area contributed by atoms with Gasteiger partial charge in [-0.1, -0.05) is 6.92 Å². The Labute approximate surface area is 71.0 Å². The molecule has 0 saturated carbocycles. The third kappa shape index (κ3) is 1.51. The van der Waals surface area contributed by atoms with Crippen LogP contribution in [0.3, 0.4) is 0 Å². The minimum atomic E-state index is -0.0815. The summed E-state index contributed by atoms with van der Waals surface area (Å²) in [5.74, 6) is 0.374. The summed E-state index contributed by atoms with van der Waals surface area (Å²) in [4.78, 5) is 15.3. The second-order valence-corrected chi connectivity index (χ2v) is 2.90. The van der Waals surface area contributed by atoms with E-state index in [9.17, 15) is 4.79 Å². The molecule has 0 N–H and O–H groups in total. The number of halogens is 1. The van der Waals surface area contributed by atoms with Crippen molar-refractivity contribution in [3.8, 4) is 0 Å². The highest BCUT2D eigenvalue weighted by atomic mass is 35.5. The van der Waals surface area contributed by atoms with Gasteiger partial charge in [-0.05, 0) is 6.92 Å². The number of carbonyl (C=O) groups excluding carboxylic acids is 1. The lowest BCUT2D eigenvalue weighted by Crippen LogP contribution is -2.18. The first kappa shape index (κ1) is 8.47. The lowest BCUT2D eigenvalue weighted by Gasteiger charge is -2.12. The number of alkyl halides is 1. The number of allylic oxidation sites excluding steroid dienone is 2. The second kappa shape index (κ2) is 3.18. The highest BCUT2D eigenvalue weighted by Gasteiger charge is 2.19. The molecule has 0 fully saturated rings. The summed E-state index contributed by atoms with van der Waals surface area (Å²) < 4.78 is 0. The van der Waals surface area contributed by atoms with E-state index < -0.39 is 0 Å². The average molecular weight is 172 g/mol. The molecule has 0 aromatic rings. The van der Waals surface area contributed by atoms with E-state index in [-0.39, 0.29) is 11.7 Å². The molecule has 1 atom stereocenters. The molecule has 1 aliphatic heterocycles. The average Bonchev–Trinajstić information content (AvgIpc) is 2.01. The normalized spacial score (nSPS) is 24.6. The molecule has 0 unspecified atom stereocenters. The Bertz CT molecular complexity index is 242. The summed E-state index contributed by atoms with van der Waals surface area (Å²) in [7, 11) is 0. The van der Waals surface area contributed by atoms with Crippen molar-refractivity contribution >= 4 is 23.6 Å². The molecular formula is C8H10ClNO. The Balaban J connectivity index is 2.97. The number of hydrogen-bond acceptors (Lipinski definition) is 2. The molecule has 1 aliphatic rings. The third-order valence-electron chi connectivity index (χ3n) is 1.80. The number of aliphatic imine (C=N–C) groups is 1. The molecule has 0 saturated heterocycles. The first-order valence-electron chi connectivity index (χ1n) is 3.51. The zero-order chi connectivity index (χ0) is 8.43. The van der Waals surface area contributed by atoms with Crippen LogP contribution in [-0.2, 0) is 4.79 Å². The van der Waals surface area contributed by atoms with Crippen LogP contribution in [0.25, 0.3) is 0 Å². The van der Waals surface area contributed by atoms with Gasteiger partial charge in [0.05, 0.1) is 17.5 Å². The molecule has 1 heterocycles. The van der Waals surface area contributed by atoms with E-state index in [4.69, 9.17) is 11.6 Å². The van der Waals surface area contributed by atoms with Crippen molar-refractivity contribution in [2.24, 2.45) is 10.9 Å². The summed E-state index contributed by atoms with van der Waals surface area (Å²) in [5, 5.41) is 0. The smallest absolute Gasteiger partial charge is 0.168 e. The van der Waals surface area contributed by atoms with Crippen molar-refractivity contribution in [3.63, 3.8) is 0 Å². The van der Waals surface area contributed by atoms with Gasteiger partial charge >= 0.3 is 0 Å². The maximum atomic E-state index is 11.3. The van der Waals surface area contributed by atoms with Crippen LogP contribution in [0.1, 0.15) is 13.8 Å². The van der Waals surface area contributed by atoms with E-state index >= 15 is 0 Å². The van der Waals surface area contributed by atoms with Gasteiger partial charge in [-0.2, -0.15) is 0 Å². The number of nitrogens with zero attached hydrogens (tertiary/aromatic N) is 1. The van der Waals surface area contributed by atoms with E-state index in [1.54, 1.807) is 13.1 Å². The van der Waals surface area contributed by atoms with E-state index in [0.717, 1.165) is 0 Å². The first-order valence-corrected chi connectivity index (χ1v) is 4.04. The number of rotatable bonds is 1. The maximum Gasteiger partial charge on any atom is 0.168 e. The van der Waals surface area contributed by atoms with E-state index in [1.165, 1.54) is 0 Å². The van der Waals surface area contributed by atoms with Gasteiger partial charge in [0.25, 0.3) is 0 Å². The number of carbonyl (C=O) groups is 1. The lowest BCUT2D eigenvalue weighted by atomic mass is 9.98. The monoisotopic (exact) mass is 171 g/mol. The maximum absolute atomic E-state index is 11.3. The summed E-state index contributed by atoms with van der Waals surface area (Å²) in [5.41, 5.74) is 1.41. The standard InChI is InChI=1S/C8H10ClNO/c1-5-4-10-7(3-9)6(2)8(5)11/h4-5H,3H2,1-2H3/t5-/m0/s1. The van der Waals surface area contributed by atoms with Crippen LogP contribution < -0.4 is 0 Å². The summed E-state index contributed by atoms with van der Waals surface area (Å²) >= 11 is 5.56. The molecule has 0 aliphatic carbocycles. The minimum absolute atomic E-state index is 0.0815. The van der Waals surface area contributed by atoms with Crippen LogP contribution in [0.2, 0.25) is 0 Å². The lowest BCUT2D eigenvalue weighted by molar-refractivity contribution is -0.117. The Morgan fingerprint density at radius 3 is 2.91 bits per heavy atom. The second-order valence-electron chi connectivity index (χ2n) is 2.64. The fourth-order valence-corrected chi connectivity index (χ4v) is 1.25. The Hall–Kier alpha value is -0.630. The number of ketones is 1. The molecule has 11 heavy (non-hydrogen) atoms. The van der Waals surface area contributed by atoms with E-state index in [2.05, 4.69) is 4.99 Å². The molecule has 0 aromatic heterocycles. The number of hydrogen-bond donors (Lipinski definition) is 0. The highest BCUT2D eigenvalue weighted by molar-refractivity contribution is 6.20. The Morgan fingerprint density at radius 2 is 2.36 bits per heavy atom. The highest BCUT2D eigenvalue weighted by Crippen LogP contribution is 2.17. The molecule has 0 aromatic carbocycles. The number of Topliss-reactive ketones (excluding diaryl/α,β-unsaturated/α-hetero) is 1.